The minimum atomic E-state index is -0.403. The number of rotatable bonds is 5. The average molecular weight is 258 g/mol. The number of carbonyl (C=O) groups excluding carboxylic acids is 1. The van der Waals surface area contributed by atoms with Gasteiger partial charge >= 0.3 is 0 Å². The van der Waals surface area contributed by atoms with Crippen molar-refractivity contribution in [2.75, 3.05) is 11.2 Å². The van der Waals surface area contributed by atoms with Gasteiger partial charge in [-0.05, 0) is 36.4 Å². The molecule has 0 unspecified atom stereocenters. The first-order valence-electron chi connectivity index (χ1n) is 5.57. The zero-order valence-electron chi connectivity index (χ0n) is 9.80. The fourth-order valence-corrected chi connectivity index (χ4v) is 2.23. The molecule has 3 nitrogen and oxygen atoms in total. The molecule has 0 aliphatic carbocycles. The standard InChI is InChI=1S/C14H14N2OS/c15-14(17)11-6-8-12(9-7-11)16-10-18-13-4-2-1-3-5-13/h1-9,16H,10H2,(H2,15,17). The minimum absolute atomic E-state index is 0.403. The molecule has 0 aliphatic heterocycles. The number of nitrogens with two attached hydrogens (primary N) is 1. The minimum Gasteiger partial charge on any atom is -0.376 e. The van der Waals surface area contributed by atoms with Gasteiger partial charge in [0.2, 0.25) is 5.91 Å². The summed E-state index contributed by atoms with van der Waals surface area (Å²) in [5.74, 6) is 0.375. The van der Waals surface area contributed by atoms with Crippen molar-refractivity contribution in [2.45, 2.75) is 4.90 Å². The zero-order chi connectivity index (χ0) is 12.8. The molecule has 2 aromatic rings. The monoisotopic (exact) mass is 258 g/mol. The number of benzene rings is 2. The Kier molecular flexibility index (Phi) is 4.25. The summed E-state index contributed by atoms with van der Waals surface area (Å²) in [5, 5.41) is 3.27. The molecule has 0 aromatic heterocycles. The third-order valence-electron chi connectivity index (χ3n) is 2.43. The Bertz CT molecular complexity index is 511. The number of thioether (sulfide) groups is 1. The van der Waals surface area contributed by atoms with Crippen molar-refractivity contribution in [3.05, 3.63) is 60.2 Å². The zero-order valence-corrected chi connectivity index (χ0v) is 10.6. The van der Waals surface area contributed by atoms with E-state index in [1.165, 1.54) is 4.90 Å². The van der Waals surface area contributed by atoms with E-state index < -0.39 is 5.91 Å². The van der Waals surface area contributed by atoms with Gasteiger partial charge in [-0.1, -0.05) is 18.2 Å². The SMILES string of the molecule is NC(=O)c1ccc(NCSc2ccccc2)cc1. The molecule has 0 atom stereocenters. The predicted octanol–water partition coefficient (Wildman–Crippen LogP) is 2.95. The maximum atomic E-state index is 10.9. The summed E-state index contributed by atoms with van der Waals surface area (Å²) in [4.78, 5) is 12.1. The van der Waals surface area contributed by atoms with Crippen LogP contribution in [-0.2, 0) is 0 Å². The molecule has 92 valence electrons. The average Bonchev–Trinajstić information content (AvgIpc) is 2.40. The summed E-state index contributed by atoms with van der Waals surface area (Å²) in [5.41, 5.74) is 6.68. The summed E-state index contributed by atoms with van der Waals surface area (Å²) in [6.45, 7) is 0. The lowest BCUT2D eigenvalue weighted by Crippen LogP contribution is -2.10. The van der Waals surface area contributed by atoms with Gasteiger partial charge in [0.1, 0.15) is 0 Å². The topological polar surface area (TPSA) is 55.1 Å². The van der Waals surface area contributed by atoms with Gasteiger partial charge in [0, 0.05) is 16.1 Å². The summed E-state index contributed by atoms with van der Waals surface area (Å²) in [6.07, 6.45) is 0. The van der Waals surface area contributed by atoms with E-state index >= 15 is 0 Å². The molecule has 0 saturated heterocycles. The van der Waals surface area contributed by atoms with Crippen LogP contribution in [0.5, 0.6) is 0 Å². The highest BCUT2D eigenvalue weighted by atomic mass is 32.2. The first-order chi connectivity index (χ1) is 8.75. The quantitative estimate of drug-likeness (QED) is 0.640. The van der Waals surface area contributed by atoms with Crippen LogP contribution in [-0.4, -0.2) is 11.8 Å². The maximum Gasteiger partial charge on any atom is 0.248 e. The van der Waals surface area contributed by atoms with E-state index in [-0.39, 0.29) is 0 Å². The van der Waals surface area contributed by atoms with Crippen molar-refractivity contribution in [3.63, 3.8) is 0 Å². The second kappa shape index (κ2) is 6.12. The number of primary amides is 1. The number of anilines is 1. The third kappa shape index (κ3) is 3.53. The van der Waals surface area contributed by atoms with Crippen LogP contribution in [0.2, 0.25) is 0 Å². The van der Waals surface area contributed by atoms with Gasteiger partial charge < -0.3 is 11.1 Å². The lowest BCUT2D eigenvalue weighted by atomic mass is 10.2. The molecule has 0 aliphatic rings. The van der Waals surface area contributed by atoms with E-state index in [1.54, 1.807) is 23.9 Å². The molecule has 0 fully saturated rings. The second-order valence-corrected chi connectivity index (χ2v) is 4.77. The van der Waals surface area contributed by atoms with Gasteiger partial charge in [-0.15, -0.1) is 11.8 Å². The molecule has 1 amide bonds. The Balaban J connectivity index is 1.85. The largest absolute Gasteiger partial charge is 0.376 e. The van der Waals surface area contributed by atoms with Crippen LogP contribution >= 0.6 is 11.8 Å². The highest BCUT2D eigenvalue weighted by Crippen LogP contribution is 2.18. The van der Waals surface area contributed by atoms with Gasteiger partial charge in [0.05, 0.1) is 5.88 Å². The van der Waals surface area contributed by atoms with Gasteiger partial charge in [0.25, 0.3) is 0 Å². The number of nitrogens with one attached hydrogen (secondary N) is 1. The molecule has 0 heterocycles. The van der Waals surface area contributed by atoms with E-state index in [4.69, 9.17) is 5.73 Å². The van der Waals surface area contributed by atoms with E-state index in [2.05, 4.69) is 17.4 Å². The lowest BCUT2D eigenvalue weighted by Gasteiger charge is -2.06. The molecule has 0 spiro atoms. The fourth-order valence-electron chi connectivity index (χ4n) is 1.47. The van der Waals surface area contributed by atoms with E-state index in [1.807, 2.05) is 30.3 Å². The van der Waals surface area contributed by atoms with Crippen molar-refractivity contribution < 1.29 is 4.79 Å². The normalized spacial score (nSPS) is 10.0. The number of hydrogen-bond acceptors (Lipinski definition) is 3. The van der Waals surface area contributed by atoms with E-state index in [0.29, 0.717) is 5.56 Å². The molecule has 18 heavy (non-hydrogen) atoms. The number of hydrogen-bond donors (Lipinski definition) is 2. The van der Waals surface area contributed by atoms with Crippen molar-refractivity contribution in [1.29, 1.82) is 0 Å². The molecule has 0 radical (unpaired) electrons. The molecule has 2 aromatic carbocycles. The summed E-state index contributed by atoms with van der Waals surface area (Å²) < 4.78 is 0. The third-order valence-corrected chi connectivity index (χ3v) is 3.32. The molecule has 2 rings (SSSR count). The van der Waals surface area contributed by atoms with Gasteiger partial charge in [0.15, 0.2) is 0 Å². The Morgan fingerprint density at radius 2 is 1.72 bits per heavy atom. The Hall–Kier alpha value is -1.94. The van der Waals surface area contributed by atoms with Crippen LogP contribution in [0, 0.1) is 0 Å². The smallest absolute Gasteiger partial charge is 0.248 e. The summed E-state index contributed by atoms with van der Waals surface area (Å²) in [6, 6.07) is 17.3. The van der Waals surface area contributed by atoms with Crippen LogP contribution in [0.3, 0.4) is 0 Å². The maximum absolute atomic E-state index is 10.9. The molecule has 0 bridgehead atoms. The van der Waals surface area contributed by atoms with Gasteiger partial charge in [-0.25, -0.2) is 0 Å². The molecular weight excluding hydrogens is 244 g/mol. The molecular formula is C14H14N2OS. The van der Waals surface area contributed by atoms with Crippen LogP contribution in [0.15, 0.2) is 59.5 Å². The highest BCUT2D eigenvalue weighted by Gasteiger charge is 1.99. The van der Waals surface area contributed by atoms with Gasteiger partial charge in [-0.3, -0.25) is 4.79 Å². The van der Waals surface area contributed by atoms with Crippen molar-refractivity contribution in [2.24, 2.45) is 5.73 Å². The van der Waals surface area contributed by atoms with E-state index in [0.717, 1.165) is 11.6 Å². The first kappa shape index (κ1) is 12.5. The molecule has 3 N–H and O–H groups in total. The predicted molar refractivity (Wildman–Crippen MR) is 75.7 cm³/mol. The van der Waals surface area contributed by atoms with Crippen LogP contribution in [0.25, 0.3) is 0 Å². The lowest BCUT2D eigenvalue weighted by molar-refractivity contribution is 0.100. The second-order valence-electron chi connectivity index (χ2n) is 3.72. The van der Waals surface area contributed by atoms with Gasteiger partial charge in [-0.2, -0.15) is 0 Å². The molecule has 4 heteroatoms. The highest BCUT2D eigenvalue weighted by molar-refractivity contribution is 7.99. The number of carbonyl (C=O) groups is 1. The fraction of sp³-hybridized carbons (Fsp3) is 0.0714. The first-order valence-corrected chi connectivity index (χ1v) is 6.56. The van der Waals surface area contributed by atoms with Crippen molar-refractivity contribution >= 4 is 23.4 Å². The van der Waals surface area contributed by atoms with Crippen LogP contribution < -0.4 is 11.1 Å². The van der Waals surface area contributed by atoms with Crippen molar-refractivity contribution in [3.8, 4) is 0 Å². The Morgan fingerprint density at radius 1 is 1.06 bits per heavy atom. The molecule has 0 saturated carbocycles. The van der Waals surface area contributed by atoms with E-state index in [9.17, 15) is 4.79 Å². The number of amides is 1. The summed E-state index contributed by atoms with van der Waals surface area (Å²) in [7, 11) is 0. The van der Waals surface area contributed by atoms with Crippen LogP contribution in [0.4, 0.5) is 5.69 Å². The van der Waals surface area contributed by atoms with Crippen molar-refractivity contribution in [1.82, 2.24) is 0 Å². The Morgan fingerprint density at radius 3 is 2.33 bits per heavy atom. The van der Waals surface area contributed by atoms with Crippen LogP contribution in [0.1, 0.15) is 10.4 Å². The summed E-state index contributed by atoms with van der Waals surface area (Å²) >= 11 is 1.72. The Labute approximate surface area is 110 Å².